The van der Waals surface area contributed by atoms with Crippen LogP contribution in [0.2, 0.25) is 0 Å². The Labute approximate surface area is 131 Å². The zero-order valence-electron chi connectivity index (χ0n) is 12.7. The average Bonchev–Trinajstić information content (AvgIpc) is 2.36. The summed E-state index contributed by atoms with van der Waals surface area (Å²) in [5.74, 6) is 2.58. The SMILES string of the molecule is CC(N)Cc1cc(Br)ccc1OC1CCC(C)C(C)C1. The van der Waals surface area contributed by atoms with E-state index in [1.807, 2.05) is 6.92 Å². The first-order valence-corrected chi connectivity index (χ1v) is 8.45. The van der Waals surface area contributed by atoms with Crippen molar-refractivity contribution >= 4 is 15.9 Å². The summed E-state index contributed by atoms with van der Waals surface area (Å²) in [4.78, 5) is 0. The quantitative estimate of drug-likeness (QED) is 0.873. The van der Waals surface area contributed by atoms with Crippen molar-refractivity contribution < 1.29 is 4.74 Å². The van der Waals surface area contributed by atoms with Crippen molar-refractivity contribution in [3.8, 4) is 5.75 Å². The second-order valence-electron chi connectivity index (χ2n) is 6.44. The molecule has 0 heterocycles. The number of nitrogens with two attached hydrogens (primary N) is 1. The van der Waals surface area contributed by atoms with E-state index in [1.165, 1.54) is 18.4 Å². The Morgan fingerprint density at radius 2 is 2.05 bits per heavy atom. The van der Waals surface area contributed by atoms with Crippen LogP contribution < -0.4 is 10.5 Å². The molecule has 0 amide bonds. The third-order valence-electron chi connectivity index (χ3n) is 4.41. The molecule has 0 spiro atoms. The molecule has 1 aliphatic carbocycles. The number of hydrogen-bond acceptors (Lipinski definition) is 2. The molecule has 1 aromatic rings. The van der Waals surface area contributed by atoms with Crippen molar-refractivity contribution in [2.45, 2.75) is 58.6 Å². The first kappa shape index (κ1) is 15.8. The fraction of sp³-hybridized carbons (Fsp3) is 0.647. The van der Waals surface area contributed by atoms with E-state index in [-0.39, 0.29) is 6.04 Å². The van der Waals surface area contributed by atoms with Crippen molar-refractivity contribution in [1.82, 2.24) is 0 Å². The van der Waals surface area contributed by atoms with Gasteiger partial charge in [-0.15, -0.1) is 0 Å². The number of halogens is 1. The standard InChI is InChI=1S/C17H26BrNO/c1-11-4-6-16(8-12(11)2)20-17-7-5-15(18)10-14(17)9-13(3)19/h5,7,10-13,16H,4,6,8-9,19H2,1-3H3. The van der Waals surface area contributed by atoms with Crippen LogP contribution in [-0.4, -0.2) is 12.1 Å². The molecule has 4 atom stereocenters. The summed E-state index contributed by atoms with van der Waals surface area (Å²) in [6, 6.07) is 6.41. The maximum Gasteiger partial charge on any atom is 0.123 e. The summed E-state index contributed by atoms with van der Waals surface area (Å²) in [5, 5.41) is 0. The Morgan fingerprint density at radius 1 is 1.30 bits per heavy atom. The Balaban J connectivity index is 2.08. The zero-order valence-corrected chi connectivity index (χ0v) is 14.3. The normalized spacial score (nSPS) is 28.1. The maximum atomic E-state index is 6.28. The van der Waals surface area contributed by atoms with Gasteiger partial charge in [-0.25, -0.2) is 0 Å². The largest absolute Gasteiger partial charge is 0.490 e. The lowest BCUT2D eigenvalue weighted by Gasteiger charge is -2.32. The summed E-state index contributed by atoms with van der Waals surface area (Å²) in [6.45, 7) is 6.72. The second-order valence-corrected chi connectivity index (χ2v) is 7.36. The van der Waals surface area contributed by atoms with Gasteiger partial charge in [-0.05, 0) is 68.2 Å². The van der Waals surface area contributed by atoms with Crippen LogP contribution in [0.5, 0.6) is 5.75 Å². The molecule has 0 aliphatic heterocycles. The van der Waals surface area contributed by atoms with Crippen LogP contribution in [0.3, 0.4) is 0 Å². The van der Waals surface area contributed by atoms with Gasteiger partial charge in [0.2, 0.25) is 0 Å². The van der Waals surface area contributed by atoms with Crippen molar-refractivity contribution in [2.24, 2.45) is 17.6 Å². The van der Waals surface area contributed by atoms with E-state index in [9.17, 15) is 0 Å². The average molecular weight is 340 g/mol. The summed E-state index contributed by atoms with van der Waals surface area (Å²) >= 11 is 3.53. The van der Waals surface area contributed by atoms with Gasteiger partial charge in [-0.3, -0.25) is 0 Å². The van der Waals surface area contributed by atoms with Crippen LogP contribution >= 0.6 is 15.9 Å². The molecule has 1 aromatic carbocycles. The molecule has 1 fully saturated rings. The van der Waals surface area contributed by atoms with Gasteiger partial charge in [0.1, 0.15) is 5.75 Å². The van der Waals surface area contributed by atoms with E-state index in [0.717, 1.165) is 34.9 Å². The van der Waals surface area contributed by atoms with E-state index < -0.39 is 0 Å². The van der Waals surface area contributed by atoms with Gasteiger partial charge >= 0.3 is 0 Å². The number of hydrogen-bond donors (Lipinski definition) is 1. The molecule has 0 saturated heterocycles. The summed E-state index contributed by atoms with van der Waals surface area (Å²) in [5.41, 5.74) is 7.15. The zero-order chi connectivity index (χ0) is 14.7. The van der Waals surface area contributed by atoms with Gasteiger partial charge in [-0.2, -0.15) is 0 Å². The molecule has 1 saturated carbocycles. The number of ether oxygens (including phenoxy) is 1. The van der Waals surface area contributed by atoms with Crippen molar-refractivity contribution in [3.63, 3.8) is 0 Å². The van der Waals surface area contributed by atoms with Gasteiger partial charge in [-0.1, -0.05) is 29.8 Å². The molecule has 1 aliphatic rings. The summed E-state index contributed by atoms with van der Waals surface area (Å²) < 4.78 is 7.37. The van der Waals surface area contributed by atoms with E-state index in [1.54, 1.807) is 0 Å². The highest BCUT2D eigenvalue weighted by atomic mass is 79.9. The maximum absolute atomic E-state index is 6.28. The van der Waals surface area contributed by atoms with Crippen LogP contribution in [0, 0.1) is 11.8 Å². The van der Waals surface area contributed by atoms with E-state index in [2.05, 4.69) is 48.0 Å². The summed E-state index contributed by atoms with van der Waals surface area (Å²) in [7, 11) is 0. The van der Waals surface area contributed by atoms with E-state index in [0.29, 0.717) is 6.10 Å². The smallest absolute Gasteiger partial charge is 0.123 e. The molecular formula is C17H26BrNO. The van der Waals surface area contributed by atoms with Crippen molar-refractivity contribution in [3.05, 3.63) is 28.2 Å². The van der Waals surface area contributed by atoms with Crippen LogP contribution in [0.25, 0.3) is 0 Å². The fourth-order valence-corrected chi connectivity index (χ4v) is 3.36. The predicted octanol–water partition coefficient (Wildman–Crippen LogP) is 4.54. The van der Waals surface area contributed by atoms with E-state index in [4.69, 9.17) is 10.5 Å². The highest BCUT2D eigenvalue weighted by Gasteiger charge is 2.26. The molecule has 2 nitrogen and oxygen atoms in total. The predicted molar refractivity (Wildman–Crippen MR) is 88.1 cm³/mol. The van der Waals surface area contributed by atoms with Crippen LogP contribution in [-0.2, 0) is 6.42 Å². The second kappa shape index (κ2) is 6.95. The molecule has 2 N–H and O–H groups in total. The van der Waals surface area contributed by atoms with Gasteiger partial charge in [0.15, 0.2) is 0 Å². The lowest BCUT2D eigenvalue weighted by molar-refractivity contribution is 0.0996. The molecule has 0 radical (unpaired) electrons. The third-order valence-corrected chi connectivity index (χ3v) is 4.90. The molecule has 0 bridgehead atoms. The highest BCUT2D eigenvalue weighted by Crippen LogP contribution is 2.33. The van der Waals surface area contributed by atoms with Crippen LogP contribution in [0.15, 0.2) is 22.7 Å². The van der Waals surface area contributed by atoms with Gasteiger partial charge in [0.05, 0.1) is 6.10 Å². The minimum Gasteiger partial charge on any atom is -0.490 e. The highest BCUT2D eigenvalue weighted by molar-refractivity contribution is 9.10. The lowest BCUT2D eigenvalue weighted by Crippen LogP contribution is -2.29. The molecule has 2 rings (SSSR count). The molecule has 4 unspecified atom stereocenters. The van der Waals surface area contributed by atoms with Crippen LogP contribution in [0.4, 0.5) is 0 Å². The molecule has 112 valence electrons. The van der Waals surface area contributed by atoms with Crippen LogP contribution in [0.1, 0.15) is 45.6 Å². The monoisotopic (exact) mass is 339 g/mol. The molecule has 20 heavy (non-hydrogen) atoms. The Kier molecular flexibility index (Phi) is 5.50. The Bertz CT molecular complexity index is 447. The van der Waals surface area contributed by atoms with Gasteiger partial charge < -0.3 is 10.5 Å². The Morgan fingerprint density at radius 3 is 2.70 bits per heavy atom. The fourth-order valence-electron chi connectivity index (χ4n) is 2.95. The summed E-state index contributed by atoms with van der Waals surface area (Å²) in [6.07, 6.45) is 4.81. The van der Waals surface area contributed by atoms with E-state index >= 15 is 0 Å². The molecular weight excluding hydrogens is 314 g/mol. The Hall–Kier alpha value is -0.540. The first-order chi connectivity index (χ1) is 9.45. The molecule has 3 heteroatoms. The van der Waals surface area contributed by atoms with Gasteiger partial charge in [0, 0.05) is 10.5 Å². The lowest BCUT2D eigenvalue weighted by atomic mass is 9.80. The van der Waals surface area contributed by atoms with Crippen molar-refractivity contribution in [1.29, 1.82) is 0 Å². The van der Waals surface area contributed by atoms with Crippen molar-refractivity contribution in [2.75, 3.05) is 0 Å². The molecule has 0 aromatic heterocycles. The number of benzene rings is 1. The van der Waals surface area contributed by atoms with Gasteiger partial charge in [0.25, 0.3) is 0 Å². The topological polar surface area (TPSA) is 35.2 Å². The first-order valence-electron chi connectivity index (χ1n) is 7.66. The number of rotatable bonds is 4. The minimum absolute atomic E-state index is 0.150. The minimum atomic E-state index is 0.150. The third kappa shape index (κ3) is 4.23.